The largest absolute Gasteiger partial charge is 0.471 e. The van der Waals surface area contributed by atoms with Crippen molar-refractivity contribution in [2.24, 2.45) is 0 Å². The lowest BCUT2D eigenvalue weighted by atomic mass is 9.98. The van der Waals surface area contributed by atoms with E-state index >= 15 is 0 Å². The Bertz CT molecular complexity index is 1100. The van der Waals surface area contributed by atoms with Crippen molar-refractivity contribution in [3.05, 3.63) is 54.2 Å². The number of fused-ring (bicyclic) bond motifs is 1. The molecule has 1 aromatic heterocycles. The number of hydrogen-bond acceptors (Lipinski definition) is 5. The lowest BCUT2D eigenvalue weighted by Gasteiger charge is -2.27. The number of hydrogen-bond donors (Lipinski definition) is 0. The van der Waals surface area contributed by atoms with Crippen molar-refractivity contribution >= 4 is 16.5 Å². The quantitative estimate of drug-likeness (QED) is 0.378. The second kappa shape index (κ2) is 11.7. The zero-order valence-electron chi connectivity index (χ0n) is 21.3. The Morgan fingerprint density at radius 2 is 1.70 bits per heavy atom. The predicted molar refractivity (Wildman–Crippen MR) is 138 cm³/mol. The van der Waals surface area contributed by atoms with E-state index in [4.69, 9.17) is 9.47 Å². The van der Waals surface area contributed by atoms with E-state index in [0.717, 1.165) is 27.6 Å². The Balaban J connectivity index is 0.00000187. The van der Waals surface area contributed by atoms with Crippen molar-refractivity contribution in [3.8, 4) is 23.1 Å². The highest BCUT2D eigenvalue weighted by atomic mass is 16.5. The van der Waals surface area contributed by atoms with Crippen LogP contribution in [0.5, 0.6) is 5.88 Å². The van der Waals surface area contributed by atoms with Crippen LogP contribution in [0.1, 0.15) is 53.5 Å². The van der Waals surface area contributed by atoms with Crippen LogP contribution in [-0.4, -0.2) is 37.4 Å². The maximum atomic E-state index is 9.92. The zero-order chi connectivity index (χ0) is 24.6. The highest BCUT2D eigenvalue weighted by Gasteiger charge is 2.24. The summed E-state index contributed by atoms with van der Waals surface area (Å²) < 4.78 is 11.8. The van der Waals surface area contributed by atoms with Crippen molar-refractivity contribution < 1.29 is 9.47 Å². The first kappa shape index (κ1) is 26.2. The van der Waals surface area contributed by atoms with Gasteiger partial charge in [0.1, 0.15) is 17.2 Å². The topological polar surface area (TPSA) is 58.4 Å². The van der Waals surface area contributed by atoms with E-state index in [1.54, 1.807) is 6.20 Å². The summed E-state index contributed by atoms with van der Waals surface area (Å²) in [6, 6.07) is 16.8. The molecule has 0 saturated carbocycles. The first-order chi connectivity index (χ1) is 15.7. The summed E-state index contributed by atoms with van der Waals surface area (Å²) in [7, 11) is 4.06. The fraction of sp³-hybridized carbons (Fsp3) is 0.429. The van der Waals surface area contributed by atoms with E-state index in [9.17, 15) is 5.26 Å². The van der Waals surface area contributed by atoms with Crippen LogP contribution >= 0.6 is 0 Å². The molecule has 0 aliphatic heterocycles. The van der Waals surface area contributed by atoms with Crippen molar-refractivity contribution in [3.63, 3.8) is 0 Å². The number of pyridine rings is 1. The molecule has 5 heteroatoms. The molecule has 0 N–H and O–H groups in total. The Morgan fingerprint density at radius 1 is 1.03 bits per heavy atom. The molecule has 1 heterocycles. The molecule has 0 amide bonds. The van der Waals surface area contributed by atoms with Gasteiger partial charge in [-0.25, -0.2) is 4.98 Å². The molecule has 0 saturated heterocycles. The summed E-state index contributed by atoms with van der Waals surface area (Å²) in [4.78, 5) is 6.45. The van der Waals surface area contributed by atoms with E-state index in [-0.39, 0.29) is 6.10 Å². The molecule has 0 atom stereocenters. The third-order valence-electron chi connectivity index (χ3n) is 5.21. The number of aromatic nitrogens is 1. The molecule has 0 bridgehead atoms. The van der Waals surface area contributed by atoms with Crippen LogP contribution in [-0.2, 0) is 4.74 Å². The molecule has 3 rings (SSSR count). The third-order valence-corrected chi connectivity index (χ3v) is 5.21. The smallest absolute Gasteiger partial charge is 0.232 e. The molecule has 3 aromatic rings. The van der Waals surface area contributed by atoms with Gasteiger partial charge < -0.3 is 14.4 Å². The van der Waals surface area contributed by atoms with E-state index < -0.39 is 5.60 Å². The minimum Gasteiger partial charge on any atom is -0.471 e. The van der Waals surface area contributed by atoms with Gasteiger partial charge in [0.2, 0.25) is 5.88 Å². The minimum absolute atomic E-state index is 0.175. The molecular weight excluding hydrogens is 410 g/mol. The van der Waals surface area contributed by atoms with Gasteiger partial charge in [-0.2, -0.15) is 5.26 Å². The summed E-state index contributed by atoms with van der Waals surface area (Å²) in [6.07, 6.45) is 2.58. The van der Waals surface area contributed by atoms with Gasteiger partial charge in [-0.1, -0.05) is 32.0 Å². The van der Waals surface area contributed by atoms with E-state index in [0.29, 0.717) is 24.5 Å². The summed E-state index contributed by atoms with van der Waals surface area (Å²) in [5.41, 5.74) is 2.89. The van der Waals surface area contributed by atoms with Gasteiger partial charge in [0.25, 0.3) is 0 Å². The molecule has 0 aliphatic carbocycles. The lowest BCUT2D eigenvalue weighted by molar-refractivity contribution is 0.0210. The number of anilines is 1. The SMILES string of the molecule is CC.CC(C)OCCC(C)(C)Oc1nccc(-c2ccc3cc(N(C)C)ccc3c2)c1C#N. The molecule has 33 heavy (non-hydrogen) atoms. The molecule has 176 valence electrons. The fourth-order valence-corrected chi connectivity index (χ4v) is 3.40. The Hall–Kier alpha value is -3.10. The lowest BCUT2D eigenvalue weighted by Crippen LogP contribution is -2.31. The van der Waals surface area contributed by atoms with Crippen LogP contribution in [0.2, 0.25) is 0 Å². The monoisotopic (exact) mass is 447 g/mol. The number of rotatable bonds is 8. The highest BCUT2D eigenvalue weighted by molar-refractivity contribution is 5.90. The second-order valence-corrected chi connectivity index (χ2v) is 8.82. The van der Waals surface area contributed by atoms with Crippen LogP contribution in [0.15, 0.2) is 48.7 Å². The first-order valence-electron chi connectivity index (χ1n) is 11.6. The molecule has 2 aromatic carbocycles. The summed E-state index contributed by atoms with van der Waals surface area (Å²) in [5.74, 6) is 0.359. The Morgan fingerprint density at radius 3 is 2.33 bits per heavy atom. The van der Waals surface area contributed by atoms with Crippen LogP contribution in [0, 0.1) is 11.3 Å². The Labute approximate surface area is 199 Å². The van der Waals surface area contributed by atoms with Crippen LogP contribution in [0.3, 0.4) is 0 Å². The average molecular weight is 448 g/mol. The maximum absolute atomic E-state index is 9.92. The third kappa shape index (κ3) is 6.94. The molecule has 0 aliphatic rings. The molecule has 0 spiro atoms. The van der Waals surface area contributed by atoms with Crippen molar-refractivity contribution in [1.29, 1.82) is 5.26 Å². The second-order valence-electron chi connectivity index (χ2n) is 8.82. The first-order valence-corrected chi connectivity index (χ1v) is 11.6. The van der Waals surface area contributed by atoms with Gasteiger partial charge in [-0.3, -0.25) is 0 Å². The summed E-state index contributed by atoms with van der Waals surface area (Å²) in [6.45, 7) is 12.6. The van der Waals surface area contributed by atoms with Crippen molar-refractivity contribution in [1.82, 2.24) is 4.98 Å². The highest BCUT2D eigenvalue weighted by Crippen LogP contribution is 2.33. The number of nitrogens with zero attached hydrogens (tertiary/aromatic N) is 3. The van der Waals surface area contributed by atoms with E-state index in [1.807, 2.05) is 67.8 Å². The predicted octanol–water partition coefficient (Wildman–Crippen LogP) is 6.84. The van der Waals surface area contributed by atoms with Crippen molar-refractivity contribution in [2.75, 3.05) is 25.6 Å². The molecular formula is C28H37N3O2. The average Bonchev–Trinajstić information content (AvgIpc) is 2.78. The summed E-state index contributed by atoms with van der Waals surface area (Å²) >= 11 is 0. The van der Waals surface area contributed by atoms with Crippen LogP contribution in [0.4, 0.5) is 5.69 Å². The van der Waals surface area contributed by atoms with Gasteiger partial charge in [0, 0.05) is 38.0 Å². The maximum Gasteiger partial charge on any atom is 0.232 e. The zero-order valence-corrected chi connectivity index (χ0v) is 21.3. The van der Waals surface area contributed by atoms with Gasteiger partial charge in [-0.05, 0) is 68.3 Å². The molecule has 0 fully saturated rings. The number of nitriles is 1. The fourth-order valence-electron chi connectivity index (χ4n) is 3.40. The van der Waals surface area contributed by atoms with Gasteiger partial charge >= 0.3 is 0 Å². The van der Waals surface area contributed by atoms with E-state index in [2.05, 4.69) is 46.3 Å². The normalized spacial score (nSPS) is 11.0. The Kier molecular flexibility index (Phi) is 9.25. The number of ether oxygens (including phenoxy) is 2. The standard InChI is InChI=1S/C26H31N3O2.C2H6/c1-18(2)30-14-12-26(3,4)31-25-24(17-27)23(11-13-28-25)21-8-7-20-16-22(29(5)6)10-9-19(20)15-21;1-2/h7-11,13,15-16,18H,12,14H2,1-6H3;1-2H3. The minimum atomic E-state index is -0.502. The van der Waals surface area contributed by atoms with Gasteiger partial charge in [-0.15, -0.1) is 0 Å². The van der Waals surface area contributed by atoms with Crippen LogP contribution < -0.4 is 9.64 Å². The number of benzene rings is 2. The molecule has 0 radical (unpaired) electrons. The van der Waals surface area contributed by atoms with Gasteiger partial charge in [0.05, 0.1) is 12.7 Å². The van der Waals surface area contributed by atoms with Gasteiger partial charge in [0.15, 0.2) is 0 Å². The molecule has 0 unspecified atom stereocenters. The van der Waals surface area contributed by atoms with Crippen molar-refractivity contribution in [2.45, 2.75) is 59.7 Å². The molecule has 5 nitrogen and oxygen atoms in total. The summed E-state index contributed by atoms with van der Waals surface area (Å²) in [5, 5.41) is 12.2. The van der Waals surface area contributed by atoms with Crippen LogP contribution in [0.25, 0.3) is 21.9 Å². The van der Waals surface area contributed by atoms with E-state index in [1.165, 1.54) is 0 Å².